The molecule has 4 rings (SSSR count). The minimum Gasteiger partial charge on any atom is -0.352 e. The predicted octanol–water partition coefficient (Wildman–Crippen LogP) is 2.69. The molecule has 0 spiro atoms. The van der Waals surface area contributed by atoms with E-state index < -0.39 is 0 Å². The van der Waals surface area contributed by atoms with Gasteiger partial charge < -0.3 is 14.7 Å². The Balaban J connectivity index is 1.41. The van der Waals surface area contributed by atoms with Gasteiger partial charge in [-0.2, -0.15) is 0 Å². The van der Waals surface area contributed by atoms with Gasteiger partial charge >= 0.3 is 0 Å². The van der Waals surface area contributed by atoms with Gasteiger partial charge in [0.05, 0.1) is 12.1 Å². The summed E-state index contributed by atoms with van der Waals surface area (Å²) in [6.07, 6.45) is 6.39. The van der Waals surface area contributed by atoms with Crippen molar-refractivity contribution in [3.63, 3.8) is 0 Å². The predicted molar refractivity (Wildman–Crippen MR) is 116 cm³/mol. The molecule has 7 heteroatoms. The third-order valence-corrected chi connectivity index (χ3v) is 6.31. The molecule has 1 aromatic heterocycles. The lowest BCUT2D eigenvalue weighted by Gasteiger charge is -2.36. The molecule has 0 saturated carbocycles. The zero-order valence-electron chi connectivity index (χ0n) is 17.7. The average Bonchev–Trinajstić information content (AvgIpc) is 3.20. The van der Waals surface area contributed by atoms with Crippen LogP contribution in [-0.4, -0.2) is 59.4 Å². The fraction of sp³-hybridized carbons (Fsp3) is 0.478. The minimum absolute atomic E-state index is 0.0438. The van der Waals surface area contributed by atoms with Crippen LogP contribution in [0.4, 0.5) is 11.5 Å². The SMILES string of the molecule is CC[C@H](C)c1ccccc1N1C[C@@H](C(=O)N2CCN(c3cnccn3)CC2)CC1=O. The summed E-state index contributed by atoms with van der Waals surface area (Å²) in [5.74, 6) is 1.07. The summed E-state index contributed by atoms with van der Waals surface area (Å²) >= 11 is 0. The summed E-state index contributed by atoms with van der Waals surface area (Å²) in [7, 11) is 0. The van der Waals surface area contributed by atoms with Crippen LogP contribution in [0.15, 0.2) is 42.9 Å². The summed E-state index contributed by atoms with van der Waals surface area (Å²) in [5, 5.41) is 0. The standard InChI is InChI=1S/C23H29N5O2/c1-3-17(2)19-6-4-5-7-20(19)28-16-18(14-22(28)29)23(30)27-12-10-26(11-13-27)21-15-24-8-9-25-21/h4-9,15,17-18H,3,10-14,16H2,1-2H3/t17-,18-/m0/s1. The molecule has 0 aliphatic carbocycles. The summed E-state index contributed by atoms with van der Waals surface area (Å²) < 4.78 is 0. The molecule has 2 fully saturated rings. The van der Waals surface area contributed by atoms with E-state index in [1.54, 1.807) is 18.6 Å². The van der Waals surface area contributed by atoms with Crippen molar-refractivity contribution in [3.8, 4) is 0 Å². The van der Waals surface area contributed by atoms with Gasteiger partial charge in [-0.1, -0.05) is 32.0 Å². The number of hydrogen-bond donors (Lipinski definition) is 0. The van der Waals surface area contributed by atoms with Crippen LogP contribution in [0.5, 0.6) is 0 Å². The Morgan fingerprint density at radius 2 is 1.93 bits per heavy atom. The molecule has 0 N–H and O–H groups in total. The first-order valence-electron chi connectivity index (χ1n) is 10.8. The second kappa shape index (κ2) is 8.81. The van der Waals surface area contributed by atoms with E-state index in [0.717, 1.165) is 31.0 Å². The number of para-hydroxylation sites is 1. The number of amides is 2. The Hall–Kier alpha value is -2.96. The van der Waals surface area contributed by atoms with Crippen LogP contribution in [0, 0.1) is 5.92 Å². The van der Waals surface area contributed by atoms with Crippen molar-refractivity contribution >= 4 is 23.3 Å². The lowest BCUT2D eigenvalue weighted by Crippen LogP contribution is -2.51. The lowest BCUT2D eigenvalue weighted by atomic mass is 9.96. The van der Waals surface area contributed by atoms with E-state index in [4.69, 9.17) is 0 Å². The quantitative estimate of drug-likeness (QED) is 0.762. The number of carbonyl (C=O) groups is 2. The zero-order chi connectivity index (χ0) is 21.1. The molecular formula is C23H29N5O2. The summed E-state index contributed by atoms with van der Waals surface area (Å²) in [6.45, 7) is 7.54. The first kappa shape index (κ1) is 20.3. The number of carbonyl (C=O) groups excluding carboxylic acids is 2. The molecule has 2 aromatic rings. The minimum atomic E-state index is -0.273. The number of benzene rings is 1. The number of piperazine rings is 1. The maximum atomic E-state index is 13.1. The topological polar surface area (TPSA) is 69.6 Å². The van der Waals surface area contributed by atoms with Crippen molar-refractivity contribution < 1.29 is 9.59 Å². The maximum absolute atomic E-state index is 13.1. The molecule has 30 heavy (non-hydrogen) atoms. The number of rotatable bonds is 5. The van der Waals surface area contributed by atoms with E-state index in [1.165, 1.54) is 5.56 Å². The Morgan fingerprint density at radius 1 is 1.17 bits per heavy atom. The van der Waals surface area contributed by atoms with Gasteiger partial charge in [-0.25, -0.2) is 4.98 Å². The molecule has 7 nitrogen and oxygen atoms in total. The van der Waals surface area contributed by atoms with Crippen molar-refractivity contribution in [2.24, 2.45) is 5.92 Å². The van der Waals surface area contributed by atoms with Gasteiger partial charge in [0.15, 0.2) is 0 Å². The highest BCUT2D eigenvalue weighted by molar-refractivity contribution is 6.01. The molecule has 2 atom stereocenters. The molecule has 3 heterocycles. The molecule has 1 aromatic carbocycles. The number of nitrogens with zero attached hydrogens (tertiary/aromatic N) is 5. The Morgan fingerprint density at radius 3 is 2.63 bits per heavy atom. The van der Waals surface area contributed by atoms with Gasteiger partial charge in [-0.05, 0) is 24.0 Å². The molecule has 0 bridgehead atoms. The van der Waals surface area contributed by atoms with Gasteiger partial charge in [-0.3, -0.25) is 14.6 Å². The largest absolute Gasteiger partial charge is 0.352 e. The van der Waals surface area contributed by atoms with Crippen LogP contribution in [0.2, 0.25) is 0 Å². The van der Waals surface area contributed by atoms with E-state index in [2.05, 4.69) is 34.8 Å². The van der Waals surface area contributed by atoms with E-state index in [9.17, 15) is 9.59 Å². The average molecular weight is 408 g/mol. The fourth-order valence-corrected chi connectivity index (χ4v) is 4.34. The van der Waals surface area contributed by atoms with Gasteiger partial charge in [0.1, 0.15) is 5.82 Å². The van der Waals surface area contributed by atoms with Crippen molar-refractivity contribution in [2.45, 2.75) is 32.6 Å². The summed E-state index contributed by atoms with van der Waals surface area (Å²) in [4.78, 5) is 40.3. The number of aromatic nitrogens is 2. The van der Waals surface area contributed by atoms with Crippen molar-refractivity contribution in [1.29, 1.82) is 0 Å². The van der Waals surface area contributed by atoms with Gasteiger partial charge in [-0.15, -0.1) is 0 Å². The second-order valence-corrected chi connectivity index (χ2v) is 8.15. The molecule has 0 unspecified atom stereocenters. The molecule has 2 aliphatic heterocycles. The molecule has 2 amide bonds. The van der Waals surface area contributed by atoms with Crippen LogP contribution in [0.25, 0.3) is 0 Å². The molecule has 0 radical (unpaired) electrons. The third-order valence-electron chi connectivity index (χ3n) is 6.31. The maximum Gasteiger partial charge on any atom is 0.228 e. The fourth-order valence-electron chi connectivity index (χ4n) is 4.34. The summed E-state index contributed by atoms with van der Waals surface area (Å²) in [6, 6.07) is 8.09. The zero-order valence-corrected chi connectivity index (χ0v) is 17.7. The van der Waals surface area contributed by atoms with E-state index in [-0.39, 0.29) is 24.2 Å². The second-order valence-electron chi connectivity index (χ2n) is 8.15. The molecule has 158 valence electrons. The van der Waals surface area contributed by atoms with E-state index >= 15 is 0 Å². The van der Waals surface area contributed by atoms with Crippen LogP contribution in [-0.2, 0) is 9.59 Å². The van der Waals surface area contributed by atoms with Crippen LogP contribution in [0.1, 0.15) is 38.2 Å². The molecule has 2 aliphatic rings. The van der Waals surface area contributed by atoms with Crippen LogP contribution in [0.3, 0.4) is 0 Å². The summed E-state index contributed by atoms with van der Waals surface area (Å²) in [5.41, 5.74) is 2.14. The lowest BCUT2D eigenvalue weighted by molar-refractivity contribution is -0.136. The third kappa shape index (κ3) is 4.01. The normalized spacial score (nSPS) is 20.5. The van der Waals surface area contributed by atoms with Crippen LogP contribution < -0.4 is 9.80 Å². The van der Waals surface area contributed by atoms with Gasteiger partial charge in [0.2, 0.25) is 11.8 Å². The van der Waals surface area contributed by atoms with Gasteiger partial charge in [0, 0.05) is 57.2 Å². The highest BCUT2D eigenvalue weighted by Crippen LogP contribution is 2.34. The number of anilines is 2. The van der Waals surface area contributed by atoms with E-state index in [1.807, 2.05) is 28.0 Å². The first-order chi connectivity index (χ1) is 14.6. The Bertz CT molecular complexity index is 895. The molecular weight excluding hydrogens is 378 g/mol. The highest BCUT2D eigenvalue weighted by atomic mass is 16.2. The monoisotopic (exact) mass is 407 g/mol. The van der Waals surface area contributed by atoms with E-state index in [0.29, 0.717) is 25.6 Å². The highest BCUT2D eigenvalue weighted by Gasteiger charge is 2.38. The van der Waals surface area contributed by atoms with Gasteiger partial charge in [0.25, 0.3) is 0 Å². The smallest absolute Gasteiger partial charge is 0.228 e. The Labute approximate surface area is 177 Å². The van der Waals surface area contributed by atoms with Crippen molar-refractivity contribution in [3.05, 3.63) is 48.4 Å². The number of hydrogen-bond acceptors (Lipinski definition) is 5. The van der Waals surface area contributed by atoms with Crippen molar-refractivity contribution in [1.82, 2.24) is 14.9 Å². The van der Waals surface area contributed by atoms with Crippen LogP contribution >= 0.6 is 0 Å². The molecule has 2 saturated heterocycles. The Kier molecular flexibility index (Phi) is 5.97. The van der Waals surface area contributed by atoms with Crippen molar-refractivity contribution in [2.75, 3.05) is 42.5 Å². The first-order valence-corrected chi connectivity index (χ1v) is 10.8.